The average molecular weight is 231 g/mol. The highest BCUT2D eigenvalue weighted by molar-refractivity contribution is 5.80. The van der Waals surface area contributed by atoms with Crippen molar-refractivity contribution in [3.63, 3.8) is 0 Å². The molecular weight excluding hydrogens is 214 g/mol. The van der Waals surface area contributed by atoms with Crippen LogP contribution in [0.4, 0.5) is 0 Å². The van der Waals surface area contributed by atoms with Crippen molar-refractivity contribution in [3.05, 3.63) is 29.8 Å². The molecule has 0 aliphatic rings. The molecule has 0 spiro atoms. The summed E-state index contributed by atoms with van der Waals surface area (Å²) in [4.78, 5) is 11.1. The first-order valence-corrected chi connectivity index (χ1v) is 5.78. The van der Waals surface area contributed by atoms with E-state index in [0.717, 1.165) is 25.0 Å². The fourth-order valence-electron chi connectivity index (χ4n) is 1.62. The van der Waals surface area contributed by atoms with Gasteiger partial charge in [-0.1, -0.05) is 12.1 Å². The van der Waals surface area contributed by atoms with Gasteiger partial charge in [-0.3, -0.25) is 4.79 Å². The third kappa shape index (κ3) is 5.17. The number of rotatable bonds is 7. The second kappa shape index (κ2) is 7.45. The molecule has 0 saturated heterocycles. The Kier molecular flexibility index (Phi) is 5.81. The minimum Gasteiger partial charge on any atom is -0.497 e. The number of unbranched alkanes of at least 4 members (excludes halogenated alkanes) is 1. The Balaban J connectivity index is 2.22. The molecular formula is C14H17NO2. The summed E-state index contributed by atoms with van der Waals surface area (Å²) in [5.41, 5.74) is 1.25. The van der Waals surface area contributed by atoms with Gasteiger partial charge >= 0.3 is 0 Å². The molecule has 1 aromatic carbocycles. The molecule has 90 valence electrons. The second-order valence-corrected chi connectivity index (χ2v) is 3.93. The summed E-state index contributed by atoms with van der Waals surface area (Å²) in [6, 6.07) is 9.83. The van der Waals surface area contributed by atoms with E-state index in [1.54, 1.807) is 7.11 Å². The molecule has 0 aliphatic carbocycles. The van der Waals surface area contributed by atoms with Gasteiger partial charge in [-0.2, -0.15) is 5.26 Å². The van der Waals surface area contributed by atoms with Crippen LogP contribution in [0, 0.1) is 11.3 Å². The number of benzene rings is 1. The van der Waals surface area contributed by atoms with Gasteiger partial charge in [0.25, 0.3) is 0 Å². The molecule has 0 bridgehead atoms. The third-order valence-electron chi connectivity index (χ3n) is 2.61. The lowest BCUT2D eigenvalue weighted by Crippen LogP contribution is -1.96. The molecule has 0 saturated carbocycles. The zero-order valence-corrected chi connectivity index (χ0v) is 10.1. The van der Waals surface area contributed by atoms with Crippen molar-refractivity contribution < 1.29 is 9.53 Å². The smallest absolute Gasteiger partial charge is 0.146 e. The third-order valence-corrected chi connectivity index (χ3v) is 2.61. The van der Waals surface area contributed by atoms with Crippen molar-refractivity contribution in [2.45, 2.75) is 32.1 Å². The van der Waals surface area contributed by atoms with Crippen LogP contribution in [0.5, 0.6) is 5.75 Å². The van der Waals surface area contributed by atoms with Crippen molar-refractivity contribution in [2.24, 2.45) is 0 Å². The summed E-state index contributed by atoms with van der Waals surface area (Å²) in [6.07, 6.45) is 3.35. The summed E-state index contributed by atoms with van der Waals surface area (Å²) in [5, 5.41) is 8.34. The van der Waals surface area contributed by atoms with Crippen LogP contribution in [0.1, 0.15) is 31.2 Å². The number of carbonyl (C=O) groups excluding carboxylic acids is 1. The number of hydrogen-bond donors (Lipinski definition) is 0. The maximum absolute atomic E-state index is 11.1. The van der Waals surface area contributed by atoms with Crippen LogP contribution in [0.15, 0.2) is 24.3 Å². The topological polar surface area (TPSA) is 50.1 Å². The first kappa shape index (κ1) is 13.2. The van der Waals surface area contributed by atoms with Crippen molar-refractivity contribution >= 4 is 5.78 Å². The number of Topliss-reactive ketones (excluding diaryl/α,β-unsaturated/α-hetero) is 1. The van der Waals surface area contributed by atoms with Gasteiger partial charge < -0.3 is 4.74 Å². The van der Waals surface area contributed by atoms with Crippen LogP contribution in [-0.2, 0) is 11.2 Å². The van der Waals surface area contributed by atoms with E-state index in [1.165, 1.54) is 5.56 Å². The van der Waals surface area contributed by atoms with Gasteiger partial charge in [-0.15, -0.1) is 0 Å². The van der Waals surface area contributed by atoms with Gasteiger partial charge in [0.05, 0.1) is 19.6 Å². The van der Waals surface area contributed by atoms with E-state index in [2.05, 4.69) is 0 Å². The molecule has 0 fully saturated rings. The monoisotopic (exact) mass is 231 g/mol. The van der Waals surface area contributed by atoms with E-state index in [0.29, 0.717) is 6.42 Å². The van der Waals surface area contributed by atoms with E-state index in [-0.39, 0.29) is 12.2 Å². The molecule has 0 amide bonds. The molecule has 1 aromatic rings. The summed E-state index contributed by atoms with van der Waals surface area (Å²) >= 11 is 0. The lowest BCUT2D eigenvalue weighted by molar-refractivity contribution is -0.118. The second-order valence-electron chi connectivity index (χ2n) is 3.93. The summed E-state index contributed by atoms with van der Waals surface area (Å²) in [6.45, 7) is 0. The highest BCUT2D eigenvalue weighted by Crippen LogP contribution is 2.13. The molecule has 0 aromatic heterocycles. The van der Waals surface area contributed by atoms with Crippen molar-refractivity contribution in [3.8, 4) is 11.8 Å². The normalized spacial score (nSPS) is 9.65. The molecule has 0 N–H and O–H groups in total. The molecule has 3 heteroatoms. The van der Waals surface area contributed by atoms with E-state index in [4.69, 9.17) is 10.00 Å². The van der Waals surface area contributed by atoms with Gasteiger partial charge in [-0.25, -0.2) is 0 Å². The Labute approximate surface area is 102 Å². The van der Waals surface area contributed by atoms with Crippen LogP contribution in [0.2, 0.25) is 0 Å². The minimum atomic E-state index is 0.0437. The fraction of sp³-hybridized carbons (Fsp3) is 0.429. The molecule has 17 heavy (non-hydrogen) atoms. The maximum Gasteiger partial charge on any atom is 0.146 e. The highest BCUT2D eigenvalue weighted by atomic mass is 16.5. The van der Waals surface area contributed by atoms with Crippen molar-refractivity contribution in [2.75, 3.05) is 7.11 Å². The average Bonchev–Trinajstić information content (AvgIpc) is 2.36. The zero-order valence-electron chi connectivity index (χ0n) is 10.1. The lowest BCUT2D eigenvalue weighted by atomic mass is 10.1. The number of ketones is 1. The van der Waals surface area contributed by atoms with Crippen LogP contribution in [0.25, 0.3) is 0 Å². The first-order chi connectivity index (χ1) is 8.26. The fourth-order valence-corrected chi connectivity index (χ4v) is 1.62. The van der Waals surface area contributed by atoms with Crippen LogP contribution < -0.4 is 4.74 Å². The summed E-state index contributed by atoms with van der Waals surface area (Å²) in [5.74, 6) is 0.903. The molecule has 0 heterocycles. The lowest BCUT2D eigenvalue weighted by Gasteiger charge is -2.03. The molecule has 3 nitrogen and oxygen atoms in total. The van der Waals surface area contributed by atoms with E-state index < -0.39 is 0 Å². The molecule has 0 aliphatic heterocycles. The number of aryl methyl sites for hydroxylation is 1. The predicted molar refractivity (Wildman–Crippen MR) is 65.8 cm³/mol. The van der Waals surface area contributed by atoms with Gasteiger partial charge in [0.1, 0.15) is 11.5 Å². The molecule has 0 atom stereocenters. The van der Waals surface area contributed by atoms with Gasteiger partial charge in [0.15, 0.2) is 0 Å². The first-order valence-electron chi connectivity index (χ1n) is 5.78. The number of ether oxygens (including phenoxy) is 1. The van der Waals surface area contributed by atoms with Crippen LogP contribution >= 0.6 is 0 Å². The van der Waals surface area contributed by atoms with E-state index >= 15 is 0 Å². The number of nitriles is 1. The van der Waals surface area contributed by atoms with Crippen molar-refractivity contribution in [1.82, 2.24) is 0 Å². The van der Waals surface area contributed by atoms with E-state index in [1.807, 2.05) is 30.3 Å². The van der Waals surface area contributed by atoms with Crippen molar-refractivity contribution in [1.29, 1.82) is 5.26 Å². The zero-order chi connectivity index (χ0) is 12.5. The Hall–Kier alpha value is -1.82. The van der Waals surface area contributed by atoms with Crippen LogP contribution in [-0.4, -0.2) is 12.9 Å². The Bertz CT molecular complexity index is 390. The number of methoxy groups -OCH3 is 1. The Morgan fingerprint density at radius 2 is 2.00 bits per heavy atom. The SMILES string of the molecule is COc1ccc(CCCCC(=O)CC#N)cc1. The predicted octanol–water partition coefficient (Wildman–Crippen LogP) is 2.89. The largest absolute Gasteiger partial charge is 0.497 e. The number of carbonyl (C=O) groups is 1. The van der Waals surface area contributed by atoms with Crippen LogP contribution in [0.3, 0.4) is 0 Å². The number of hydrogen-bond acceptors (Lipinski definition) is 3. The quantitative estimate of drug-likeness (QED) is 0.678. The van der Waals surface area contributed by atoms with Gasteiger partial charge in [0.2, 0.25) is 0 Å². The maximum atomic E-state index is 11.1. The molecule has 0 unspecified atom stereocenters. The molecule has 1 rings (SSSR count). The molecule has 0 radical (unpaired) electrons. The summed E-state index contributed by atoms with van der Waals surface area (Å²) < 4.78 is 5.08. The highest BCUT2D eigenvalue weighted by Gasteiger charge is 2.00. The number of nitrogens with zero attached hydrogens (tertiary/aromatic N) is 1. The van der Waals surface area contributed by atoms with Gasteiger partial charge in [-0.05, 0) is 37.0 Å². The standard InChI is InChI=1S/C14H17NO2/c1-17-14-8-6-12(7-9-14)4-2-3-5-13(16)10-11-15/h6-9H,2-5,10H2,1H3. The Morgan fingerprint density at radius 1 is 1.29 bits per heavy atom. The van der Waals surface area contributed by atoms with Gasteiger partial charge in [0, 0.05) is 6.42 Å². The summed E-state index contributed by atoms with van der Waals surface area (Å²) in [7, 11) is 1.65. The Morgan fingerprint density at radius 3 is 2.59 bits per heavy atom. The van der Waals surface area contributed by atoms with E-state index in [9.17, 15) is 4.79 Å². The minimum absolute atomic E-state index is 0.0437.